The van der Waals surface area contributed by atoms with Gasteiger partial charge in [-0.1, -0.05) is 0 Å². The highest BCUT2D eigenvalue weighted by Gasteiger charge is 2.07. The van der Waals surface area contributed by atoms with Crippen LogP contribution in [0.15, 0.2) is 18.2 Å². The summed E-state index contributed by atoms with van der Waals surface area (Å²) in [5, 5.41) is 28.9. The lowest BCUT2D eigenvalue weighted by Gasteiger charge is -2.03. The van der Waals surface area contributed by atoms with Crippen molar-refractivity contribution < 1.29 is 15.0 Å². The molecule has 0 heterocycles. The van der Waals surface area contributed by atoms with Gasteiger partial charge < -0.3 is 15.5 Å². The Hall–Kier alpha value is -2.22. The number of benzene rings is 1. The van der Waals surface area contributed by atoms with E-state index in [2.05, 4.69) is 5.32 Å². The minimum Gasteiger partial charge on any atom is -0.504 e. The van der Waals surface area contributed by atoms with Crippen LogP contribution in [-0.4, -0.2) is 22.7 Å². The molecule has 0 aliphatic rings. The molecule has 0 bridgehead atoms. The van der Waals surface area contributed by atoms with E-state index in [-0.39, 0.29) is 35.9 Å². The molecule has 0 saturated heterocycles. The van der Waals surface area contributed by atoms with E-state index in [0.717, 1.165) is 6.07 Å². The van der Waals surface area contributed by atoms with Crippen molar-refractivity contribution in [1.82, 2.24) is 5.32 Å². The largest absolute Gasteiger partial charge is 0.504 e. The van der Waals surface area contributed by atoms with Gasteiger partial charge in [-0.05, 0) is 18.2 Å². The molecule has 1 aromatic rings. The molecule has 0 atom stereocenters. The highest BCUT2D eigenvalue weighted by molar-refractivity contribution is 5.94. The van der Waals surface area contributed by atoms with Gasteiger partial charge in [0.15, 0.2) is 11.5 Å². The maximum Gasteiger partial charge on any atom is 0.251 e. The van der Waals surface area contributed by atoms with Crippen LogP contribution in [0.4, 0.5) is 0 Å². The summed E-state index contributed by atoms with van der Waals surface area (Å²) in [6, 6.07) is 5.67. The molecule has 0 aliphatic heterocycles. The summed E-state index contributed by atoms with van der Waals surface area (Å²) < 4.78 is 0. The zero-order valence-corrected chi connectivity index (χ0v) is 7.90. The fourth-order valence-corrected chi connectivity index (χ4v) is 0.999. The van der Waals surface area contributed by atoms with E-state index >= 15 is 0 Å². The van der Waals surface area contributed by atoms with Gasteiger partial charge in [0, 0.05) is 12.1 Å². The summed E-state index contributed by atoms with van der Waals surface area (Å²) in [5.41, 5.74) is 0.239. The fourth-order valence-electron chi connectivity index (χ4n) is 0.999. The standard InChI is InChI=1S/C10H10N2O3/c11-4-1-5-12-10(15)7-2-3-8(13)9(14)6-7/h2-3,6,13-14H,1,5H2,(H,12,15). The number of nitrogens with one attached hydrogen (secondary N) is 1. The molecule has 1 rings (SSSR count). The second kappa shape index (κ2) is 4.86. The molecule has 0 aliphatic carbocycles. The summed E-state index contributed by atoms with van der Waals surface area (Å²) >= 11 is 0. The van der Waals surface area contributed by atoms with E-state index in [9.17, 15) is 4.79 Å². The number of aromatic hydroxyl groups is 2. The zero-order valence-electron chi connectivity index (χ0n) is 7.90. The second-order valence-corrected chi connectivity index (χ2v) is 2.87. The maximum absolute atomic E-state index is 11.4. The van der Waals surface area contributed by atoms with Crippen LogP contribution in [0.2, 0.25) is 0 Å². The smallest absolute Gasteiger partial charge is 0.251 e. The first-order valence-corrected chi connectivity index (χ1v) is 4.32. The van der Waals surface area contributed by atoms with E-state index in [1.165, 1.54) is 12.1 Å². The molecule has 1 amide bonds. The highest BCUT2D eigenvalue weighted by atomic mass is 16.3. The molecule has 0 unspecified atom stereocenters. The first-order chi connectivity index (χ1) is 7.15. The van der Waals surface area contributed by atoms with Crippen LogP contribution >= 0.6 is 0 Å². The summed E-state index contributed by atoms with van der Waals surface area (Å²) in [7, 11) is 0. The van der Waals surface area contributed by atoms with Crippen LogP contribution in [0.1, 0.15) is 16.8 Å². The third-order valence-electron chi connectivity index (χ3n) is 1.76. The maximum atomic E-state index is 11.4. The molecule has 0 radical (unpaired) electrons. The predicted octanol–water partition coefficient (Wildman–Crippen LogP) is 0.741. The Morgan fingerprint density at radius 3 is 2.73 bits per heavy atom. The highest BCUT2D eigenvalue weighted by Crippen LogP contribution is 2.24. The zero-order chi connectivity index (χ0) is 11.3. The molecule has 15 heavy (non-hydrogen) atoms. The molecule has 3 N–H and O–H groups in total. The first-order valence-electron chi connectivity index (χ1n) is 4.32. The molecular formula is C10H10N2O3. The average molecular weight is 206 g/mol. The van der Waals surface area contributed by atoms with E-state index in [4.69, 9.17) is 15.5 Å². The van der Waals surface area contributed by atoms with Gasteiger partial charge in [0.25, 0.3) is 5.91 Å². The molecule has 5 nitrogen and oxygen atoms in total. The van der Waals surface area contributed by atoms with Crippen molar-refractivity contribution in [2.75, 3.05) is 6.54 Å². The average Bonchev–Trinajstić information content (AvgIpc) is 2.22. The Morgan fingerprint density at radius 1 is 1.40 bits per heavy atom. The SMILES string of the molecule is N#CCCNC(=O)c1ccc(O)c(O)c1. The molecule has 0 saturated carbocycles. The number of phenols is 2. The number of nitrogens with zero attached hydrogens (tertiary/aromatic N) is 1. The van der Waals surface area contributed by atoms with Gasteiger partial charge in [0.1, 0.15) is 0 Å². The number of hydrogen-bond donors (Lipinski definition) is 3. The summed E-state index contributed by atoms with van der Waals surface area (Å²) in [4.78, 5) is 11.4. The fraction of sp³-hybridized carbons (Fsp3) is 0.200. The lowest BCUT2D eigenvalue weighted by atomic mass is 10.2. The summed E-state index contributed by atoms with van der Waals surface area (Å²) in [6.07, 6.45) is 0.232. The van der Waals surface area contributed by atoms with Gasteiger partial charge in [0.05, 0.1) is 12.5 Å². The van der Waals surface area contributed by atoms with Crippen molar-refractivity contribution in [2.24, 2.45) is 0 Å². The summed E-state index contributed by atoms with van der Waals surface area (Å²) in [6.45, 7) is 0.261. The number of nitriles is 1. The van der Waals surface area contributed by atoms with E-state index < -0.39 is 0 Å². The minimum atomic E-state index is -0.388. The van der Waals surface area contributed by atoms with Crippen LogP contribution in [0.3, 0.4) is 0 Å². The van der Waals surface area contributed by atoms with Gasteiger partial charge in [-0.3, -0.25) is 4.79 Å². The topological polar surface area (TPSA) is 93.4 Å². The first kappa shape index (κ1) is 10.9. The predicted molar refractivity (Wildman–Crippen MR) is 52.3 cm³/mol. The van der Waals surface area contributed by atoms with Crippen LogP contribution in [-0.2, 0) is 0 Å². The Kier molecular flexibility index (Phi) is 3.52. The van der Waals surface area contributed by atoms with Crippen molar-refractivity contribution in [3.05, 3.63) is 23.8 Å². The molecule has 0 aromatic heterocycles. The van der Waals surface area contributed by atoms with E-state index in [0.29, 0.717) is 0 Å². The monoisotopic (exact) mass is 206 g/mol. The van der Waals surface area contributed by atoms with Crippen LogP contribution in [0.5, 0.6) is 11.5 Å². The van der Waals surface area contributed by atoms with Gasteiger partial charge in [0.2, 0.25) is 0 Å². The number of carbonyl (C=O) groups is 1. The Labute approximate surface area is 86.6 Å². The molecule has 0 fully saturated rings. The number of hydrogen-bond acceptors (Lipinski definition) is 4. The van der Waals surface area contributed by atoms with Crippen molar-refractivity contribution in [1.29, 1.82) is 5.26 Å². The van der Waals surface area contributed by atoms with Crippen LogP contribution in [0.25, 0.3) is 0 Å². The normalized spacial score (nSPS) is 9.27. The van der Waals surface area contributed by atoms with Gasteiger partial charge >= 0.3 is 0 Å². The van der Waals surface area contributed by atoms with E-state index in [1.54, 1.807) is 0 Å². The number of rotatable bonds is 3. The van der Waals surface area contributed by atoms with Crippen molar-refractivity contribution in [3.63, 3.8) is 0 Å². The van der Waals surface area contributed by atoms with Gasteiger partial charge in [-0.2, -0.15) is 5.26 Å². The van der Waals surface area contributed by atoms with Crippen molar-refractivity contribution >= 4 is 5.91 Å². The molecule has 1 aromatic carbocycles. The molecule has 5 heteroatoms. The van der Waals surface area contributed by atoms with Crippen LogP contribution < -0.4 is 5.32 Å². The van der Waals surface area contributed by atoms with Crippen molar-refractivity contribution in [2.45, 2.75) is 6.42 Å². The van der Waals surface area contributed by atoms with Crippen molar-refractivity contribution in [3.8, 4) is 17.6 Å². The lowest BCUT2D eigenvalue weighted by molar-refractivity contribution is 0.0954. The number of amides is 1. The number of phenolic OH excluding ortho intramolecular Hbond substituents is 2. The minimum absolute atomic E-state index is 0.232. The third-order valence-corrected chi connectivity index (χ3v) is 1.76. The number of carbonyl (C=O) groups excluding carboxylic acids is 1. The summed E-state index contributed by atoms with van der Waals surface area (Å²) in [5.74, 6) is -1.01. The molecule has 0 spiro atoms. The molecular weight excluding hydrogens is 196 g/mol. The second-order valence-electron chi connectivity index (χ2n) is 2.87. The Morgan fingerprint density at radius 2 is 2.13 bits per heavy atom. The van der Waals surface area contributed by atoms with Crippen LogP contribution in [0, 0.1) is 11.3 Å². The van der Waals surface area contributed by atoms with E-state index in [1.807, 2.05) is 6.07 Å². The molecule has 78 valence electrons. The third kappa shape index (κ3) is 2.88. The quantitative estimate of drug-likeness (QED) is 0.502. The lowest BCUT2D eigenvalue weighted by Crippen LogP contribution is -2.23. The Balaban J connectivity index is 2.67. The Bertz CT molecular complexity index is 410. The van der Waals surface area contributed by atoms with Gasteiger partial charge in [-0.15, -0.1) is 0 Å². The van der Waals surface area contributed by atoms with Gasteiger partial charge in [-0.25, -0.2) is 0 Å².